The zero-order valence-corrected chi connectivity index (χ0v) is 24.0. The lowest BCUT2D eigenvalue weighted by Crippen LogP contribution is -2.32. The molecule has 1 aromatic heterocycles. The van der Waals surface area contributed by atoms with E-state index >= 15 is 0 Å². The summed E-state index contributed by atoms with van der Waals surface area (Å²) in [6.07, 6.45) is 11.8. The number of benzene rings is 4. The fourth-order valence-corrected chi connectivity index (χ4v) is 6.90. The van der Waals surface area contributed by atoms with E-state index in [1.807, 2.05) is 0 Å². The Balaban J connectivity index is 1.21. The predicted molar refractivity (Wildman–Crippen MR) is 173 cm³/mol. The second-order valence-corrected chi connectivity index (χ2v) is 11.7. The third-order valence-corrected chi connectivity index (χ3v) is 9.10. The van der Waals surface area contributed by atoms with Crippen molar-refractivity contribution in [2.45, 2.75) is 56.4 Å². The van der Waals surface area contributed by atoms with Crippen LogP contribution in [0.4, 0.5) is 0 Å². The summed E-state index contributed by atoms with van der Waals surface area (Å²) in [4.78, 5) is 14.1. The number of hydrogen-bond donors (Lipinski definition) is 1. The van der Waals surface area contributed by atoms with Gasteiger partial charge in [0.2, 0.25) is 0 Å². The predicted octanol–water partition coefficient (Wildman–Crippen LogP) is 9.05. The van der Waals surface area contributed by atoms with Crippen LogP contribution in [0.5, 0.6) is 0 Å². The lowest BCUT2D eigenvalue weighted by atomic mass is 9.69. The molecule has 2 aliphatic carbocycles. The van der Waals surface area contributed by atoms with E-state index in [1.54, 1.807) is 0 Å². The van der Waals surface area contributed by atoms with Crippen molar-refractivity contribution < 1.29 is 0 Å². The number of rotatable bonds is 7. The van der Waals surface area contributed by atoms with Crippen LogP contribution in [0.1, 0.15) is 83.1 Å². The Labute approximate surface area is 249 Å². The minimum absolute atomic E-state index is 0.577. The van der Waals surface area contributed by atoms with E-state index in [0.717, 1.165) is 35.3 Å². The lowest BCUT2D eigenvalue weighted by molar-refractivity contribution is 0.443. The quantitative estimate of drug-likeness (QED) is 0.203. The molecular formula is C39H37N3. The number of nitrogens with zero attached hydrogens (tertiary/aromatic N) is 2. The van der Waals surface area contributed by atoms with E-state index in [4.69, 9.17) is 9.98 Å². The maximum atomic E-state index is 5.26. The Morgan fingerprint density at radius 1 is 0.667 bits per heavy atom. The fraction of sp³-hybridized carbons (Fsp3) is 0.231. The first-order valence-electron chi connectivity index (χ1n) is 15.4. The van der Waals surface area contributed by atoms with E-state index in [0.29, 0.717) is 6.54 Å². The highest BCUT2D eigenvalue weighted by molar-refractivity contribution is 6.01. The van der Waals surface area contributed by atoms with Crippen molar-refractivity contribution in [1.82, 2.24) is 9.97 Å². The molecule has 0 radical (unpaired) electrons. The minimum Gasteiger partial charge on any atom is -0.344 e. The molecule has 7 rings (SSSR count). The molecule has 42 heavy (non-hydrogen) atoms. The largest absolute Gasteiger partial charge is 0.344 e. The normalized spacial score (nSPS) is 16.4. The van der Waals surface area contributed by atoms with Gasteiger partial charge in [0.25, 0.3) is 0 Å². The van der Waals surface area contributed by atoms with Gasteiger partial charge in [-0.3, -0.25) is 4.99 Å². The topological polar surface area (TPSA) is 41.0 Å². The first kappa shape index (κ1) is 26.4. The Morgan fingerprint density at radius 3 is 1.81 bits per heavy atom. The monoisotopic (exact) mass is 547 g/mol. The number of H-pyrrole nitrogens is 1. The van der Waals surface area contributed by atoms with Crippen molar-refractivity contribution in [3.63, 3.8) is 0 Å². The van der Waals surface area contributed by atoms with Gasteiger partial charge in [0.05, 0.1) is 12.2 Å². The first-order valence-corrected chi connectivity index (χ1v) is 15.4. The van der Waals surface area contributed by atoms with Gasteiger partial charge in [-0.2, -0.15) is 0 Å². The minimum atomic E-state index is -0.577. The van der Waals surface area contributed by atoms with Crippen molar-refractivity contribution in [2.75, 3.05) is 0 Å². The maximum absolute atomic E-state index is 5.26. The molecule has 2 aliphatic rings. The summed E-state index contributed by atoms with van der Waals surface area (Å²) in [5, 5.41) is 0. The average Bonchev–Trinajstić information content (AvgIpc) is 3.50. The van der Waals surface area contributed by atoms with Gasteiger partial charge < -0.3 is 4.98 Å². The maximum Gasteiger partial charge on any atom is 0.126 e. The van der Waals surface area contributed by atoms with Crippen molar-refractivity contribution >= 4 is 11.8 Å². The first-order chi connectivity index (χ1) is 20.8. The molecule has 0 amide bonds. The van der Waals surface area contributed by atoms with Gasteiger partial charge in [-0.05, 0) is 58.7 Å². The number of aliphatic imine (C=N–C) groups is 1. The van der Waals surface area contributed by atoms with E-state index in [-0.39, 0.29) is 0 Å². The summed E-state index contributed by atoms with van der Waals surface area (Å²) < 4.78 is 0. The van der Waals surface area contributed by atoms with Crippen LogP contribution in [0.25, 0.3) is 6.08 Å². The third-order valence-electron chi connectivity index (χ3n) is 9.10. The van der Waals surface area contributed by atoms with E-state index in [2.05, 4.69) is 132 Å². The average molecular weight is 548 g/mol. The van der Waals surface area contributed by atoms with Crippen LogP contribution >= 0.6 is 0 Å². The molecule has 208 valence electrons. The van der Waals surface area contributed by atoms with Crippen LogP contribution in [-0.2, 0) is 18.4 Å². The second kappa shape index (κ2) is 11.8. The molecule has 1 saturated carbocycles. The van der Waals surface area contributed by atoms with Crippen molar-refractivity contribution in [2.24, 2.45) is 4.99 Å². The zero-order chi connectivity index (χ0) is 28.2. The molecule has 0 unspecified atom stereocenters. The third kappa shape index (κ3) is 5.05. The molecule has 1 heterocycles. The summed E-state index contributed by atoms with van der Waals surface area (Å²) in [5.74, 6) is 1.67. The molecule has 1 N–H and O–H groups in total. The molecule has 4 aromatic carbocycles. The van der Waals surface area contributed by atoms with E-state index < -0.39 is 5.41 Å². The Kier molecular flexibility index (Phi) is 7.40. The number of aromatic nitrogens is 2. The molecule has 1 fully saturated rings. The molecule has 5 aromatic rings. The fourth-order valence-electron chi connectivity index (χ4n) is 6.90. The number of imidazole rings is 1. The summed E-state index contributed by atoms with van der Waals surface area (Å²) in [6.45, 7) is 0.697. The standard InChI is InChI=1S/C39H37N3/c1-5-13-30(14-6-1)31-23-21-29(22-24-31)28-40-35-25-26-36-37(27-35)42-38(41-36)39(32-15-7-2-8-16-32,33-17-9-3-10-18-33)34-19-11-4-12-20-34/h2-4,7-12,15-26,30H,1,5-6,13-14,27-28H2,(H,41,42). The number of hydrogen-bond acceptors (Lipinski definition) is 2. The number of allylic oxidation sites excluding steroid dienone is 1. The van der Waals surface area contributed by atoms with Crippen LogP contribution in [-0.4, -0.2) is 15.7 Å². The summed E-state index contributed by atoms with van der Waals surface area (Å²) in [5.41, 5.74) is 8.93. The van der Waals surface area contributed by atoms with E-state index in [1.165, 1.54) is 59.9 Å². The van der Waals surface area contributed by atoms with Gasteiger partial charge >= 0.3 is 0 Å². The highest BCUT2D eigenvalue weighted by Gasteiger charge is 2.41. The number of nitrogens with one attached hydrogen (secondary N) is 1. The molecule has 0 spiro atoms. The van der Waals surface area contributed by atoms with Crippen LogP contribution in [0, 0.1) is 0 Å². The Bertz CT molecular complexity index is 1580. The zero-order valence-electron chi connectivity index (χ0n) is 24.0. The number of fused-ring (bicyclic) bond motifs is 1. The molecular weight excluding hydrogens is 510 g/mol. The second-order valence-electron chi connectivity index (χ2n) is 11.7. The van der Waals surface area contributed by atoms with Crippen LogP contribution < -0.4 is 0 Å². The smallest absolute Gasteiger partial charge is 0.126 e. The molecule has 0 aliphatic heterocycles. The van der Waals surface area contributed by atoms with Gasteiger partial charge in [-0.1, -0.05) is 135 Å². The molecule has 3 heteroatoms. The molecule has 0 bridgehead atoms. The van der Waals surface area contributed by atoms with Crippen LogP contribution in [0.2, 0.25) is 0 Å². The Hall–Kier alpha value is -4.50. The van der Waals surface area contributed by atoms with Crippen LogP contribution in [0.15, 0.2) is 126 Å². The van der Waals surface area contributed by atoms with Crippen LogP contribution in [0.3, 0.4) is 0 Å². The van der Waals surface area contributed by atoms with Gasteiger partial charge in [0.15, 0.2) is 0 Å². The number of aromatic amines is 1. The molecule has 0 atom stereocenters. The molecule has 0 saturated heterocycles. The Morgan fingerprint density at radius 2 is 1.24 bits per heavy atom. The van der Waals surface area contributed by atoms with Crippen molar-refractivity contribution in [1.29, 1.82) is 0 Å². The lowest BCUT2D eigenvalue weighted by Gasteiger charge is -2.34. The van der Waals surface area contributed by atoms with Gasteiger partial charge in [-0.25, -0.2) is 4.98 Å². The SMILES string of the molecule is C1=Cc2nc(C(c3ccccc3)(c3ccccc3)c3ccccc3)[nH]c2CC1=NCc1ccc(C2CCCCC2)cc1. The van der Waals surface area contributed by atoms with Crippen molar-refractivity contribution in [3.8, 4) is 0 Å². The summed E-state index contributed by atoms with van der Waals surface area (Å²) in [6, 6.07) is 41.4. The summed E-state index contributed by atoms with van der Waals surface area (Å²) >= 11 is 0. The van der Waals surface area contributed by atoms with Crippen molar-refractivity contribution in [3.05, 3.63) is 166 Å². The highest BCUT2D eigenvalue weighted by Crippen LogP contribution is 2.44. The van der Waals surface area contributed by atoms with E-state index in [9.17, 15) is 0 Å². The molecule has 3 nitrogen and oxygen atoms in total. The van der Waals surface area contributed by atoms with Gasteiger partial charge in [0.1, 0.15) is 11.2 Å². The van der Waals surface area contributed by atoms with Gasteiger partial charge in [0, 0.05) is 17.8 Å². The van der Waals surface area contributed by atoms with Gasteiger partial charge in [-0.15, -0.1) is 0 Å². The summed E-state index contributed by atoms with van der Waals surface area (Å²) in [7, 11) is 0. The highest BCUT2D eigenvalue weighted by atomic mass is 15.0.